The fraction of sp³-hybridized carbons (Fsp3) is 0.571. The number of aryl methyl sites for hydroxylation is 1. The molecule has 21 heavy (non-hydrogen) atoms. The Morgan fingerprint density at radius 1 is 1.48 bits per heavy atom. The number of rotatable bonds is 6. The predicted molar refractivity (Wildman–Crippen MR) is 79.2 cm³/mol. The lowest BCUT2D eigenvalue weighted by Gasteiger charge is -2.31. The zero-order chi connectivity index (χ0) is 14.5. The highest BCUT2D eigenvalue weighted by molar-refractivity contribution is 7.13. The molecule has 1 N–H and O–H groups in total. The smallest absolute Gasteiger partial charge is 0.227 e. The van der Waals surface area contributed by atoms with Crippen molar-refractivity contribution < 1.29 is 14.4 Å². The van der Waals surface area contributed by atoms with Crippen LogP contribution in [0.5, 0.6) is 0 Å². The summed E-state index contributed by atoms with van der Waals surface area (Å²) in [5, 5.41) is 15.1. The molecule has 1 atom stereocenters. The van der Waals surface area contributed by atoms with E-state index in [0.29, 0.717) is 18.3 Å². The van der Waals surface area contributed by atoms with Gasteiger partial charge in [0.05, 0.1) is 24.2 Å². The Morgan fingerprint density at radius 2 is 2.43 bits per heavy atom. The standard InChI is InChI=1S/C14H19N3O3S/c18-10-11-9-17(6-7-19-11)5-1-4-13-15-14(16-20-13)12-3-2-8-21-12/h2-3,8,11,18H,1,4-7,9-10H2. The number of aliphatic hydroxyl groups excluding tert-OH is 1. The fourth-order valence-corrected chi connectivity index (χ4v) is 3.06. The summed E-state index contributed by atoms with van der Waals surface area (Å²) >= 11 is 1.61. The van der Waals surface area contributed by atoms with Crippen LogP contribution in [0.2, 0.25) is 0 Å². The van der Waals surface area contributed by atoms with E-state index in [1.165, 1.54) is 0 Å². The van der Waals surface area contributed by atoms with Gasteiger partial charge >= 0.3 is 0 Å². The van der Waals surface area contributed by atoms with Gasteiger partial charge in [0.2, 0.25) is 11.7 Å². The lowest BCUT2D eigenvalue weighted by Crippen LogP contribution is -2.44. The van der Waals surface area contributed by atoms with Crippen molar-refractivity contribution in [2.24, 2.45) is 0 Å². The van der Waals surface area contributed by atoms with Gasteiger partial charge in [-0.3, -0.25) is 4.90 Å². The van der Waals surface area contributed by atoms with E-state index in [9.17, 15) is 0 Å². The molecule has 0 saturated carbocycles. The number of nitrogens with zero attached hydrogens (tertiary/aromatic N) is 3. The molecule has 6 nitrogen and oxygen atoms in total. The molecule has 1 aliphatic rings. The molecule has 2 aromatic heterocycles. The SMILES string of the molecule is OCC1CN(CCCc2nc(-c3cccs3)no2)CCO1. The molecule has 2 aromatic rings. The summed E-state index contributed by atoms with van der Waals surface area (Å²) < 4.78 is 10.7. The van der Waals surface area contributed by atoms with Crippen LogP contribution in [0.15, 0.2) is 22.0 Å². The van der Waals surface area contributed by atoms with Gasteiger partial charge in [-0.25, -0.2) is 0 Å². The van der Waals surface area contributed by atoms with Gasteiger partial charge < -0.3 is 14.4 Å². The largest absolute Gasteiger partial charge is 0.394 e. The third-order valence-electron chi connectivity index (χ3n) is 3.50. The summed E-state index contributed by atoms with van der Waals surface area (Å²) in [5.74, 6) is 1.36. The molecule has 1 aliphatic heterocycles. The lowest BCUT2D eigenvalue weighted by molar-refractivity contribution is -0.0528. The summed E-state index contributed by atoms with van der Waals surface area (Å²) in [6, 6.07) is 3.97. The average molecular weight is 309 g/mol. The van der Waals surface area contributed by atoms with Crippen LogP contribution in [0.3, 0.4) is 0 Å². The van der Waals surface area contributed by atoms with Gasteiger partial charge in [-0.15, -0.1) is 11.3 Å². The van der Waals surface area contributed by atoms with Gasteiger partial charge in [-0.05, 0) is 24.4 Å². The first-order valence-corrected chi connectivity index (χ1v) is 8.04. The van der Waals surface area contributed by atoms with Crippen LogP contribution in [0.4, 0.5) is 0 Å². The van der Waals surface area contributed by atoms with Crippen molar-refractivity contribution >= 4 is 11.3 Å². The first-order valence-electron chi connectivity index (χ1n) is 7.16. The number of aliphatic hydroxyl groups is 1. The highest BCUT2D eigenvalue weighted by atomic mass is 32.1. The molecule has 0 spiro atoms. The first-order chi connectivity index (χ1) is 10.3. The highest BCUT2D eigenvalue weighted by Gasteiger charge is 2.19. The number of aromatic nitrogens is 2. The highest BCUT2D eigenvalue weighted by Crippen LogP contribution is 2.21. The summed E-state index contributed by atoms with van der Waals surface area (Å²) in [6.45, 7) is 3.44. The molecular weight excluding hydrogens is 290 g/mol. The van der Waals surface area contributed by atoms with Crippen molar-refractivity contribution in [2.75, 3.05) is 32.8 Å². The zero-order valence-corrected chi connectivity index (χ0v) is 12.6. The molecule has 1 fully saturated rings. The van der Waals surface area contributed by atoms with Gasteiger partial charge in [0.1, 0.15) is 0 Å². The molecule has 114 valence electrons. The van der Waals surface area contributed by atoms with E-state index >= 15 is 0 Å². The van der Waals surface area contributed by atoms with Crippen LogP contribution < -0.4 is 0 Å². The molecule has 1 saturated heterocycles. The van der Waals surface area contributed by atoms with Crippen molar-refractivity contribution in [3.8, 4) is 10.7 Å². The molecule has 1 unspecified atom stereocenters. The van der Waals surface area contributed by atoms with Gasteiger partial charge in [0.25, 0.3) is 0 Å². The normalized spacial score (nSPS) is 20.0. The van der Waals surface area contributed by atoms with E-state index in [4.69, 9.17) is 14.4 Å². The number of hydrogen-bond donors (Lipinski definition) is 1. The summed E-state index contributed by atoms with van der Waals surface area (Å²) in [6.07, 6.45) is 1.69. The minimum atomic E-state index is -0.0485. The molecule has 7 heteroatoms. The van der Waals surface area contributed by atoms with Gasteiger partial charge in [0.15, 0.2) is 0 Å². The van der Waals surface area contributed by atoms with E-state index < -0.39 is 0 Å². The molecule has 0 aliphatic carbocycles. The average Bonchev–Trinajstić information content (AvgIpc) is 3.18. The Morgan fingerprint density at radius 3 is 3.24 bits per heavy atom. The summed E-state index contributed by atoms with van der Waals surface area (Å²) in [5.41, 5.74) is 0. The molecular formula is C14H19N3O3S. The van der Waals surface area contributed by atoms with Crippen LogP contribution in [0, 0.1) is 0 Å². The van der Waals surface area contributed by atoms with Gasteiger partial charge in [-0.2, -0.15) is 4.98 Å². The molecule has 0 bridgehead atoms. The number of ether oxygens (including phenoxy) is 1. The van der Waals surface area contributed by atoms with Gasteiger partial charge in [-0.1, -0.05) is 11.2 Å². The minimum Gasteiger partial charge on any atom is -0.394 e. The monoisotopic (exact) mass is 309 g/mol. The maximum Gasteiger partial charge on any atom is 0.227 e. The van der Waals surface area contributed by atoms with E-state index in [-0.39, 0.29) is 12.7 Å². The third kappa shape index (κ3) is 3.88. The second-order valence-corrected chi connectivity index (χ2v) is 6.02. The number of morpholine rings is 1. The Bertz CT molecular complexity index is 543. The maximum atomic E-state index is 9.12. The van der Waals surface area contributed by atoms with E-state index in [1.807, 2.05) is 17.5 Å². The molecule has 3 heterocycles. The van der Waals surface area contributed by atoms with Gasteiger partial charge in [0, 0.05) is 19.5 Å². The van der Waals surface area contributed by atoms with Crippen molar-refractivity contribution in [2.45, 2.75) is 18.9 Å². The molecule has 0 amide bonds. The Balaban J connectivity index is 1.45. The molecule has 0 radical (unpaired) electrons. The summed E-state index contributed by atoms with van der Waals surface area (Å²) in [4.78, 5) is 7.75. The van der Waals surface area contributed by atoms with Crippen molar-refractivity contribution in [1.82, 2.24) is 15.0 Å². The lowest BCUT2D eigenvalue weighted by atomic mass is 10.2. The van der Waals surface area contributed by atoms with Crippen LogP contribution in [-0.2, 0) is 11.2 Å². The Labute approximate surface area is 127 Å². The first kappa shape index (κ1) is 14.6. The molecule has 3 rings (SSSR count). The second-order valence-electron chi connectivity index (χ2n) is 5.07. The topological polar surface area (TPSA) is 71.6 Å². The van der Waals surface area contributed by atoms with Crippen LogP contribution in [0.1, 0.15) is 12.3 Å². The van der Waals surface area contributed by atoms with Crippen molar-refractivity contribution in [3.63, 3.8) is 0 Å². The van der Waals surface area contributed by atoms with Crippen molar-refractivity contribution in [1.29, 1.82) is 0 Å². The zero-order valence-electron chi connectivity index (χ0n) is 11.8. The second kappa shape index (κ2) is 7.13. The quantitative estimate of drug-likeness (QED) is 0.870. The van der Waals surface area contributed by atoms with Crippen molar-refractivity contribution in [3.05, 3.63) is 23.4 Å². The maximum absolute atomic E-state index is 9.12. The van der Waals surface area contributed by atoms with Crippen LogP contribution in [0.25, 0.3) is 10.7 Å². The summed E-state index contributed by atoms with van der Waals surface area (Å²) in [7, 11) is 0. The Hall–Kier alpha value is -1.28. The van der Waals surface area contributed by atoms with E-state index in [1.54, 1.807) is 11.3 Å². The van der Waals surface area contributed by atoms with Crippen LogP contribution in [-0.4, -0.2) is 59.1 Å². The Kier molecular flexibility index (Phi) is 4.97. The predicted octanol–water partition coefficient (Wildman–Crippen LogP) is 1.42. The fourth-order valence-electron chi connectivity index (χ4n) is 2.41. The van der Waals surface area contributed by atoms with E-state index in [0.717, 1.165) is 37.4 Å². The number of thiophene rings is 1. The van der Waals surface area contributed by atoms with Crippen LogP contribution >= 0.6 is 11.3 Å². The third-order valence-corrected chi connectivity index (χ3v) is 4.37. The minimum absolute atomic E-state index is 0.0485. The molecule has 0 aromatic carbocycles. The van der Waals surface area contributed by atoms with E-state index in [2.05, 4.69) is 15.0 Å². The number of hydrogen-bond acceptors (Lipinski definition) is 7.